The van der Waals surface area contributed by atoms with Crippen LogP contribution in [0.5, 0.6) is 0 Å². The highest BCUT2D eigenvalue weighted by atomic mass is 16.6. The largest absolute Gasteiger partial charge is 0.298 e. The first-order chi connectivity index (χ1) is 9.06. The summed E-state index contributed by atoms with van der Waals surface area (Å²) in [5.41, 5.74) is 1.20. The fourth-order valence-electron chi connectivity index (χ4n) is 2.46. The van der Waals surface area contributed by atoms with Gasteiger partial charge in [0.2, 0.25) is 0 Å². The molecule has 1 aliphatic heterocycles. The molecule has 1 fully saturated rings. The minimum absolute atomic E-state index is 0.179. The van der Waals surface area contributed by atoms with Crippen LogP contribution in [0.2, 0.25) is 0 Å². The van der Waals surface area contributed by atoms with Gasteiger partial charge in [-0.1, -0.05) is 12.1 Å². The molecule has 0 radical (unpaired) electrons. The van der Waals surface area contributed by atoms with E-state index in [9.17, 15) is 10.1 Å². The zero-order valence-electron chi connectivity index (χ0n) is 11.6. The second-order valence-corrected chi connectivity index (χ2v) is 5.33. The highest BCUT2D eigenvalue weighted by Crippen LogP contribution is 2.16. The first kappa shape index (κ1) is 14.0. The number of nitrogens with zero attached hydrogens (tertiary/aromatic N) is 3. The second kappa shape index (κ2) is 6.12. The van der Waals surface area contributed by atoms with Gasteiger partial charge in [-0.3, -0.25) is 19.9 Å². The third-order valence-corrected chi connectivity index (χ3v) is 3.66. The van der Waals surface area contributed by atoms with Crippen molar-refractivity contribution in [1.29, 1.82) is 0 Å². The molecule has 1 aliphatic rings. The zero-order valence-corrected chi connectivity index (χ0v) is 11.6. The van der Waals surface area contributed by atoms with Crippen LogP contribution in [0.15, 0.2) is 24.3 Å². The minimum Gasteiger partial charge on any atom is -0.298 e. The van der Waals surface area contributed by atoms with E-state index in [0.29, 0.717) is 6.04 Å². The van der Waals surface area contributed by atoms with Gasteiger partial charge in [0.15, 0.2) is 0 Å². The number of piperazine rings is 1. The molecule has 0 amide bonds. The Morgan fingerprint density at radius 3 is 2.53 bits per heavy atom. The third kappa shape index (κ3) is 3.75. The Morgan fingerprint density at radius 2 is 1.95 bits per heavy atom. The van der Waals surface area contributed by atoms with Crippen LogP contribution >= 0.6 is 0 Å². The van der Waals surface area contributed by atoms with E-state index in [-0.39, 0.29) is 10.6 Å². The lowest BCUT2D eigenvalue weighted by Crippen LogP contribution is -2.48. The average molecular weight is 263 g/mol. The molecule has 0 spiro atoms. The lowest BCUT2D eigenvalue weighted by Gasteiger charge is -2.36. The highest BCUT2D eigenvalue weighted by Gasteiger charge is 2.19. The van der Waals surface area contributed by atoms with Gasteiger partial charge in [-0.2, -0.15) is 0 Å². The van der Waals surface area contributed by atoms with Gasteiger partial charge in [-0.05, 0) is 19.4 Å². The second-order valence-electron chi connectivity index (χ2n) is 5.33. The third-order valence-electron chi connectivity index (χ3n) is 3.66. The predicted octanol–water partition coefficient (Wildman–Crippen LogP) is 2.12. The molecule has 104 valence electrons. The summed E-state index contributed by atoms with van der Waals surface area (Å²) in [6.45, 7) is 9.45. The van der Waals surface area contributed by atoms with Crippen LogP contribution in [0.1, 0.15) is 19.4 Å². The Bertz CT molecular complexity index is 440. The van der Waals surface area contributed by atoms with E-state index in [1.807, 2.05) is 6.07 Å². The van der Waals surface area contributed by atoms with Gasteiger partial charge < -0.3 is 0 Å². The molecular formula is C14H21N3O2. The Labute approximate surface area is 114 Å². The summed E-state index contributed by atoms with van der Waals surface area (Å²) in [7, 11) is 0. The summed E-state index contributed by atoms with van der Waals surface area (Å²) in [4.78, 5) is 15.2. The van der Waals surface area contributed by atoms with E-state index >= 15 is 0 Å². The fourth-order valence-corrected chi connectivity index (χ4v) is 2.46. The van der Waals surface area contributed by atoms with Crippen LogP contribution in [0.3, 0.4) is 0 Å². The number of benzene rings is 1. The first-order valence-corrected chi connectivity index (χ1v) is 6.76. The lowest BCUT2D eigenvalue weighted by atomic mass is 10.1. The minimum atomic E-state index is -0.333. The SMILES string of the molecule is CC(C)N1CCN(Cc2cccc([N+](=O)[O-])c2)CC1. The van der Waals surface area contributed by atoms with Crippen molar-refractivity contribution in [3.8, 4) is 0 Å². The van der Waals surface area contributed by atoms with Crippen molar-refractivity contribution in [3.63, 3.8) is 0 Å². The maximum absolute atomic E-state index is 10.7. The van der Waals surface area contributed by atoms with Crippen LogP contribution in [-0.2, 0) is 6.54 Å². The van der Waals surface area contributed by atoms with Gasteiger partial charge in [-0.25, -0.2) is 0 Å². The van der Waals surface area contributed by atoms with E-state index in [1.54, 1.807) is 18.2 Å². The molecule has 1 aromatic rings. The van der Waals surface area contributed by atoms with Crippen molar-refractivity contribution >= 4 is 5.69 Å². The quantitative estimate of drug-likeness (QED) is 0.617. The highest BCUT2D eigenvalue weighted by molar-refractivity contribution is 5.34. The molecule has 0 aliphatic carbocycles. The van der Waals surface area contributed by atoms with Crippen LogP contribution in [-0.4, -0.2) is 46.9 Å². The van der Waals surface area contributed by atoms with Gasteiger partial charge in [0.05, 0.1) is 4.92 Å². The number of non-ortho nitro benzene ring substituents is 1. The summed E-state index contributed by atoms with van der Waals surface area (Å²) >= 11 is 0. The van der Waals surface area contributed by atoms with Gasteiger partial charge in [0, 0.05) is 50.9 Å². The van der Waals surface area contributed by atoms with Crippen molar-refractivity contribution in [1.82, 2.24) is 9.80 Å². The number of hydrogen-bond acceptors (Lipinski definition) is 4. The Balaban J connectivity index is 1.92. The monoisotopic (exact) mass is 263 g/mol. The van der Waals surface area contributed by atoms with Gasteiger partial charge in [-0.15, -0.1) is 0 Å². The Kier molecular flexibility index (Phi) is 4.50. The Morgan fingerprint density at radius 1 is 1.26 bits per heavy atom. The molecule has 5 heteroatoms. The molecule has 1 aromatic carbocycles. The fraction of sp³-hybridized carbons (Fsp3) is 0.571. The molecule has 0 saturated carbocycles. The molecule has 5 nitrogen and oxygen atoms in total. The molecule has 19 heavy (non-hydrogen) atoms. The smallest absolute Gasteiger partial charge is 0.269 e. The Hall–Kier alpha value is -1.46. The maximum atomic E-state index is 10.7. The molecule has 0 atom stereocenters. The van der Waals surface area contributed by atoms with E-state index in [0.717, 1.165) is 38.3 Å². The van der Waals surface area contributed by atoms with Crippen LogP contribution in [0, 0.1) is 10.1 Å². The zero-order chi connectivity index (χ0) is 13.8. The maximum Gasteiger partial charge on any atom is 0.269 e. The van der Waals surface area contributed by atoms with Crippen molar-refractivity contribution in [2.45, 2.75) is 26.4 Å². The molecule has 2 rings (SSSR count). The summed E-state index contributed by atoms with van der Waals surface area (Å²) in [5.74, 6) is 0. The lowest BCUT2D eigenvalue weighted by molar-refractivity contribution is -0.384. The van der Waals surface area contributed by atoms with Crippen molar-refractivity contribution < 1.29 is 4.92 Å². The van der Waals surface area contributed by atoms with Gasteiger partial charge >= 0.3 is 0 Å². The number of nitro benzene ring substituents is 1. The summed E-state index contributed by atoms with van der Waals surface area (Å²) in [6, 6.07) is 7.54. The molecular weight excluding hydrogens is 242 g/mol. The van der Waals surface area contributed by atoms with Crippen LogP contribution < -0.4 is 0 Å². The van der Waals surface area contributed by atoms with E-state index in [1.165, 1.54) is 0 Å². The number of rotatable bonds is 4. The molecule has 0 bridgehead atoms. The molecule has 0 aromatic heterocycles. The standard InChI is InChI=1S/C14H21N3O2/c1-12(2)16-8-6-15(7-9-16)11-13-4-3-5-14(10-13)17(18)19/h3-5,10,12H,6-9,11H2,1-2H3. The molecule has 0 N–H and O–H groups in total. The number of nitro groups is 1. The van der Waals surface area contributed by atoms with E-state index < -0.39 is 0 Å². The molecule has 1 saturated heterocycles. The van der Waals surface area contributed by atoms with Crippen molar-refractivity contribution in [2.75, 3.05) is 26.2 Å². The first-order valence-electron chi connectivity index (χ1n) is 6.76. The number of hydrogen-bond donors (Lipinski definition) is 0. The molecule has 1 heterocycles. The van der Waals surface area contributed by atoms with E-state index in [2.05, 4.69) is 23.6 Å². The van der Waals surface area contributed by atoms with E-state index in [4.69, 9.17) is 0 Å². The van der Waals surface area contributed by atoms with Crippen molar-refractivity contribution in [3.05, 3.63) is 39.9 Å². The topological polar surface area (TPSA) is 49.6 Å². The van der Waals surface area contributed by atoms with Crippen LogP contribution in [0.25, 0.3) is 0 Å². The summed E-state index contributed by atoms with van der Waals surface area (Å²) < 4.78 is 0. The van der Waals surface area contributed by atoms with Crippen molar-refractivity contribution in [2.24, 2.45) is 0 Å². The van der Waals surface area contributed by atoms with Gasteiger partial charge in [0.25, 0.3) is 5.69 Å². The molecule has 0 unspecified atom stereocenters. The van der Waals surface area contributed by atoms with Crippen LogP contribution in [0.4, 0.5) is 5.69 Å². The van der Waals surface area contributed by atoms with Gasteiger partial charge in [0.1, 0.15) is 0 Å². The summed E-state index contributed by atoms with van der Waals surface area (Å²) in [6.07, 6.45) is 0. The average Bonchev–Trinajstić information content (AvgIpc) is 2.39. The normalized spacial score (nSPS) is 17.8. The predicted molar refractivity (Wildman–Crippen MR) is 75.1 cm³/mol. The summed E-state index contributed by atoms with van der Waals surface area (Å²) in [5, 5.41) is 10.7.